The van der Waals surface area contributed by atoms with Crippen LogP contribution in [0.2, 0.25) is 0 Å². The molecular weight excluding hydrogens is 205 g/mol. The second-order valence-electron chi connectivity index (χ2n) is 4.51. The number of hydrogen-bond acceptors (Lipinski definition) is 2. The van der Waals surface area contributed by atoms with Gasteiger partial charge in [-0.25, -0.2) is 4.39 Å². The second kappa shape index (κ2) is 5.30. The van der Waals surface area contributed by atoms with E-state index in [2.05, 4.69) is 11.9 Å². The maximum absolute atomic E-state index is 12.7. The highest BCUT2D eigenvalue weighted by Crippen LogP contribution is 2.18. The van der Waals surface area contributed by atoms with Crippen molar-refractivity contribution in [1.29, 1.82) is 0 Å². The summed E-state index contributed by atoms with van der Waals surface area (Å²) in [4.78, 5) is 2.34. The summed E-state index contributed by atoms with van der Waals surface area (Å²) in [6.45, 7) is 3.05. The van der Waals surface area contributed by atoms with E-state index in [0.29, 0.717) is 5.92 Å². The molecule has 0 aliphatic carbocycles. The van der Waals surface area contributed by atoms with Gasteiger partial charge in [-0.2, -0.15) is 0 Å². The Kier molecular flexibility index (Phi) is 3.78. The Balaban J connectivity index is 1.77. The molecule has 0 bridgehead atoms. The largest absolute Gasteiger partial charge is 0.493 e. The molecule has 16 heavy (non-hydrogen) atoms. The van der Waals surface area contributed by atoms with Crippen molar-refractivity contribution < 1.29 is 9.13 Å². The van der Waals surface area contributed by atoms with Crippen LogP contribution < -0.4 is 4.74 Å². The Bertz CT molecular complexity index is 317. The van der Waals surface area contributed by atoms with Crippen molar-refractivity contribution in [2.24, 2.45) is 5.92 Å². The summed E-state index contributed by atoms with van der Waals surface area (Å²) >= 11 is 0. The topological polar surface area (TPSA) is 12.5 Å². The number of nitrogens with zero attached hydrogens (tertiary/aromatic N) is 1. The molecule has 1 aliphatic rings. The molecule has 0 saturated carbocycles. The zero-order chi connectivity index (χ0) is 11.4. The number of rotatable bonds is 3. The van der Waals surface area contributed by atoms with Crippen LogP contribution in [0.4, 0.5) is 4.39 Å². The SMILES string of the molecule is CN1CCC(COc2ccc(F)cc2)CC1. The molecule has 1 aliphatic heterocycles. The van der Waals surface area contributed by atoms with Gasteiger partial charge in [-0.15, -0.1) is 0 Å². The lowest BCUT2D eigenvalue weighted by molar-refractivity contribution is 0.160. The Morgan fingerprint density at radius 1 is 1.25 bits per heavy atom. The molecule has 1 heterocycles. The average molecular weight is 223 g/mol. The Labute approximate surface area is 96.0 Å². The van der Waals surface area contributed by atoms with Crippen molar-refractivity contribution in [3.05, 3.63) is 30.1 Å². The van der Waals surface area contributed by atoms with Crippen molar-refractivity contribution in [2.45, 2.75) is 12.8 Å². The molecule has 1 fully saturated rings. The van der Waals surface area contributed by atoms with E-state index in [9.17, 15) is 4.39 Å². The number of piperidine rings is 1. The first-order valence-electron chi connectivity index (χ1n) is 5.81. The molecule has 2 nitrogen and oxygen atoms in total. The van der Waals surface area contributed by atoms with Gasteiger partial charge in [0.2, 0.25) is 0 Å². The second-order valence-corrected chi connectivity index (χ2v) is 4.51. The highest BCUT2D eigenvalue weighted by atomic mass is 19.1. The third-order valence-electron chi connectivity index (χ3n) is 3.14. The van der Waals surface area contributed by atoms with E-state index in [0.717, 1.165) is 25.4 Å². The van der Waals surface area contributed by atoms with Crippen LogP contribution in [0.1, 0.15) is 12.8 Å². The van der Waals surface area contributed by atoms with Gasteiger partial charge in [-0.05, 0) is 63.2 Å². The quantitative estimate of drug-likeness (QED) is 0.780. The highest BCUT2D eigenvalue weighted by molar-refractivity contribution is 5.22. The average Bonchev–Trinajstić information content (AvgIpc) is 2.30. The number of likely N-dealkylation sites (tertiary alicyclic amines) is 1. The highest BCUT2D eigenvalue weighted by Gasteiger charge is 2.16. The lowest BCUT2D eigenvalue weighted by atomic mass is 9.98. The smallest absolute Gasteiger partial charge is 0.123 e. The molecule has 0 N–H and O–H groups in total. The lowest BCUT2D eigenvalue weighted by Crippen LogP contribution is -2.32. The molecule has 0 unspecified atom stereocenters. The number of benzene rings is 1. The first-order valence-corrected chi connectivity index (χ1v) is 5.81. The summed E-state index contributed by atoms with van der Waals surface area (Å²) in [5, 5.41) is 0. The standard InChI is InChI=1S/C13H18FNO/c1-15-8-6-11(7-9-15)10-16-13-4-2-12(14)3-5-13/h2-5,11H,6-10H2,1H3. The van der Waals surface area contributed by atoms with Crippen LogP contribution in [0, 0.1) is 11.7 Å². The zero-order valence-electron chi connectivity index (χ0n) is 9.66. The van der Waals surface area contributed by atoms with Crippen molar-refractivity contribution in [1.82, 2.24) is 4.90 Å². The zero-order valence-corrected chi connectivity index (χ0v) is 9.66. The molecule has 2 rings (SSSR count). The van der Waals surface area contributed by atoms with E-state index in [1.54, 1.807) is 12.1 Å². The van der Waals surface area contributed by atoms with E-state index in [1.807, 2.05) is 0 Å². The monoisotopic (exact) mass is 223 g/mol. The number of hydrogen-bond donors (Lipinski definition) is 0. The van der Waals surface area contributed by atoms with Crippen molar-refractivity contribution in [2.75, 3.05) is 26.7 Å². The third kappa shape index (κ3) is 3.20. The van der Waals surface area contributed by atoms with Gasteiger partial charge in [0.1, 0.15) is 11.6 Å². The fourth-order valence-corrected chi connectivity index (χ4v) is 1.97. The maximum Gasteiger partial charge on any atom is 0.123 e. The Morgan fingerprint density at radius 3 is 2.50 bits per heavy atom. The van der Waals surface area contributed by atoms with Crippen LogP contribution in [-0.2, 0) is 0 Å². The molecule has 1 saturated heterocycles. The van der Waals surface area contributed by atoms with Crippen LogP contribution in [0.15, 0.2) is 24.3 Å². The molecular formula is C13H18FNO. The predicted molar refractivity (Wildman–Crippen MR) is 62.1 cm³/mol. The molecule has 0 radical (unpaired) electrons. The van der Waals surface area contributed by atoms with Crippen LogP contribution in [0.25, 0.3) is 0 Å². The van der Waals surface area contributed by atoms with Gasteiger partial charge in [-0.3, -0.25) is 0 Å². The lowest BCUT2D eigenvalue weighted by Gasteiger charge is -2.28. The summed E-state index contributed by atoms with van der Waals surface area (Å²) in [7, 11) is 2.15. The molecule has 88 valence electrons. The van der Waals surface area contributed by atoms with Gasteiger partial charge in [0.05, 0.1) is 6.61 Å². The van der Waals surface area contributed by atoms with Gasteiger partial charge in [-0.1, -0.05) is 0 Å². The summed E-state index contributed by atoms with van der Waals surface area (Å²) in [5.41, 5.74) is 0. The predicted octanol–water partition coefficient (Wildman–Crippen LogP) is 2.55. The van der Waals surface area contributed by atoms with Crippen LogP contribution >= 0.6 is 0 Å². The summed E-state index contributed by atoms with van der Waals surface area (Å²) in [6.07, 6.45) is 2.38. The van der Waals surface area contributed by atoms with Gasteiger partial charge in [0, 0.05) is 0 Å². The number of ether oxygens (including phenoxy) is 1. The van der Waals surface area contributed by atoms with Crippen molar-refractivity contribution >= 4 is 0 Å². The Morgan fingerprint density at radius 2 is 1.88 bits per heavy atom. The van der Waals surface area contributed by atoms with E-state index >= 15 is 0 Å². The molecule has 1 aromatic rings. The minimum absolute atomic E-state index is 0.216. The molecule has 0 spiro atoms. The van der Waals surface area contributed by atoms with Gasteiger partial charge in [0.25, 0.3) is 0 Å². The molecule has 3 heteroatoms. The summed E-state index contributed by atoms with van der Waals surface area (Å²) in [6, 6.07) is 6.24. The fourth-order valence-electron chi connectivity index (χ4n) is 1.97. The molecule has 1 aromatic carbocycles. The molecule has 0 atom stereocenters. The molecule has 0 aromatic heterocycles. The maximum atomic E-state index is 12.7. The first-order chi connectivity index (χ1) is 7.74. The minimum atomic E-state index is -0.216. The van der Waals surface area contributed by atoms with Gasteiger partial charge < -0.3 is 9.64 Å². The van der Waals surface area contributed by atoms with Crippen LogP contribution in [0.3, 0.4) is 0 Å². The summed E-state index contributed by atoms with van der Waals surface area (Å²) in [5.74, 6) is 1.19. The van der Waals surface area contributed by atoms with Crippen LogP contribution in [0.5, 0.6) is 5.75 Å². The van der Waals surface area contributed by atoms with Gasteiger partial charge in [0.15, 0.2) is 0 Å². The normalized spacial score (nSPS) is 18.6. The van der Waals surface area contributed by atoms with Gasteiger partial charge >= 0.3 is 0 Å². The third-order valence-corrected chi connectivity index (χ3v) is 3.14. The van der Waals surface area contributed by atoms with Crippen molar-refractivity contribution in [3.63, 3.8) is 0 Å². The van der Waals surface area contributed by atoms with E-state index in [-0.39, 0.29) is 5.82 Å². The molecule has 0 amide bonds. The van der Waals surface area contributed by atoms with E-state index in [1.165, 1.54) is 25.0 Å². The first kappa shape index (κ1) is 11.4. The van der Waals surface area contributed by atoms with E-state index < -0.39 is 0 Å². The summed E-state index contributed by atoms with van der Waals surface area (Å²) < 4.78 is 18.3. The minimum Gasteiger partial charge on any atom is -0.493 e. The van der Waals surface area contributed by atoms with Crippen molar-refractivity contribution in [3.8, 4) is 5.75 Å². The Hall–Kier alpha value is -1.09. The number of halogens is 1. The van der Waals surface area contributed by atoms with E-state index in [4.69, 9.17) is 4.74 Å². The van der Waals surface area contributed by atoms with Crippen LogP contribution in [-0.4, -0.2) is 31.6 Å². The fraction of sp³-hybridized carbons (Fsp3) is 0.538.